The van der Waals surface area contributed by atoms with Gasteiger partial charge < -0.3 is 10.6 Å². The van der Waals surface area contributed by atoms with Crippen LogP contribution in [-0.4, -0.2) is 39.1 Å². The van der Waals surface area contributed by atoms with Crippen molar-refractivity contribution in [2.75, 3.05) is 11.4 Å². The Morgan fingerprint density at radius 3 is 2.52 bits per heavy atom. The number of primary amides is 1. The highest BCUT2D eigenvalue weighted by Gasteiger charge is 2.42. The molecule has 7 nitrogen and oxygen atoms in total. The van der Waals surface area contributed by atoms with Crippen molar-refractivity contribution in [2.45, 2.75) is 44.6 Å². The van der Waals surface area contributed by atoms with E-state index < -0.39 is 0 Å². The normalized spacial score (nSPS) is 24.6. The first-order chi connectivity index (χ1) is 12.2. The highest BCUT2D eigenvalue weighted by Crippen LogP contribution is 2.40. The van der Waals surface area contributed by atoms with Gasteiger partial charge in [-0.15, -0.1) is 10.2 Å². The summed E-state index contributed by atoms with van der Waals surface area (Å²) in [6.45, 7) is 0.885. The molecule has 1 aliphatic heterocycles. The molecule has 0 bridgehead atoms. The van der Waals surface area contributed by atoms with Crippen molar-refractivity contribution in [3.8, 4) is 11.4 Å². The first kappa shape index (κ1) is 16.1. The van der Waals surface area contributed by atoms with Crippen LogP contribution in [0.25, 0.3) is 11.4 Å². The standard InChI is InChI=1S/C18H24N6O/c19-17(25)16-15(12-4-2-1-3-5-12)10-11-24(16)14-8-6-13(7-9-14)18-20-22-23-21-18/h6-9,12,15-16H,1-5,10-11H2,(H2,19,25)(H,20,21,22,23)/t15-,16-/m0/s1. The number of aromatic nitrogens is 4. The summed E-state index contributed by atoms with van der Waals surface area (Å²) in [7, 11) is 0. The van der Waals surface area contributed by atoms with Crippen LogP contribution >= 0.6 is 0 Å². The third-order valence-corrected chi connectivity index (χ3v) is 5.79. The van der Waals surface area contributed by atoms with Gasteiger partial charge in [0.15, 0.2) is 0 Å². The number of benzene rings is 1. The van der Waals surface area contributed by atoms with E-state index in [1.54, 1.807) is 0 Å². The number of hydrogen-bond donors (Lipinski definition) is 2. The van der Waals surface area contributed by atoms with Gasteiger partial charge in [-0.05, 0) is 47.7 Å². The molecule has 0 spiro atoms. The first-order valence-corrected chi connectivity index (χ1v) is 9.14. The summed E-state index contributed by atoms with van der Waals surface area (Å²) in [6, 6.07) is 7.77. The Hall–Kier alpha value is -2.44. The number of rotatable bonds is 4. The molecular formula is C18H24N6O. The van der Waals surface area contributed by atoms with E-state index in [1.165, 1.54) is 32.1 Å². The highest BCUT2D eigenvalue weighted by molar-refractivity contribution is 5.85. The number of carbonyl (C=O) groups excluding carboxylic acids is 1. The summed E-state index contributed by atoms with van der Waals surface area (Å²) < 4.78 is 0. The molecule has 0 unspecified atom stereocenters. The Kier molecular flexibility index (Phi) is 4.38. The predicted molar refractivity (Wildman–Crippen MR) is 94.6 cm³/mol. The molecule has 1 saturated carbocycles. The van der Waals surface area contributed by atoms with Gasteiger partial charge >= 0.3 is 0 Å². The summed E-state index contributed by atoms with van der Waals surface area (Å²) >= 11 is 0. The summed E-state index contributed by atoms with van der Waals surface area (Å²) in [5.41, 5.74) is 7.75. The zero-order chi connectivity index (χ0) is 17.2. The molecule has 2 aliphatic rings. The Morgan fingerprint density at radius 2 is 1.88 bits per heavy atom. The molecule has 7 heteroatoms. The van der Waals surface area contributed by atoms with E-state index in [0.717, 1.165) is 24.2 Å². The average molecular weight is 340 g/mol. The Morgan fingerprint density at radius 1 is 1.12 bits per heavy atom. The minimum absolute atomic E-state index is 0.195. The van der Waals surface area contributed by atoms with E-state index in [9.17, 15) is 4.79 Å². The minimum atomic E-state index is -0.199. The summed E-state index contributed by atoms with van der Waals surface area (Å²) in [6.07, 6.45) is 7.41. The SMILES string of the molecule is NC(=O)[C@@H]1[C@H](C2CCCCC2)CCN1c1ccc(-c2nn[nH]n2)cc1. The van der Waals surface area contributed by atoms with Gasteiger partial charge in [0.25, 0.3) is 0 Å². The molecule has 1 saturated heterocycles. The van der Waals surface area contributed by atoms with Crippen molar-refractivity contribution in [2.24, 2.45) is 17.6 Å². The van der Waals surface area contributed by atoms with E-state index >= 15 is 0 Å². The van der Waals surface area contributed by atoms with Crippen LogP contribution in [-0.2, 0) is 4.79 Å². The Bertz CT molecular complexity index is 708. The molecule has 2 atom stereocenters. The lowest BCUT2D eigenvalue weighted by molar-refractivity contribution is -0.120. The van der Waals surface area contributed by atoms with Crippen molar-refractivity contribution in [1.82, 2.24) is 20.6 Å². The van der Waals surface area contributed by atoms with Gasteiger partial charge in [-0.1, -0.05) is 32.1 Å². The Balaban J connectivity index is 1.55. The second kappa shape index (κ2) is 6.82. The number of nitrogens with two attached hydrogens (primary N) is 1. The molecule has 3 N–H and O–H groups in total. The maximum atomic E-state index is 12.2. The molecule has 1 amide bonds. The zero-order valence-electron chi connectivity index (χ0n) is 14.3. The molecular weight excluding hydrogens is 316 g/mol. The summed E-state index contributed by atoms with van der Waals surface area (Å²) in [4.78, 5) is 14.4. The van der Waals surface area contributed by atoms with Crippen molar-refractivity contribution in [3.63, 3.8) is 0 Å². The topological polar surface area (TPSA) is 101 Å². The number of amides is 1. The number of nitrogens with one attached hydrogen (secondary N) is 1. The number of hydrogen-bond acceptors (Lipinski definition) is 5. The molecule has 2 heterocycles. The number of carbonyl (C=O) groups is 1. The molecule has 1 aliphatic carbocycles. The van der Waals surface area contributed by atoms with E-state index in [-0.39, 0.29) is 11.9 Å². The third kappa shape index (κ3) is 3.10. The van der Waals surface area contributed by atoms with E-state index in [0.29, 0.717) is 17.7 Å². The van der Waals surface area contributed by atoms with E-state index in [1.807, 2.05) is 24.3 Å². The van der Waals surface area contributed by atoms with Crippen LogP contribution in [0.4, 0.5) is 5.69 Å². The second-order valence-corrected chi connectivity index (χ2v) is 7.17. The van der Waals surface area contributed by atoms with Gasteiger partial charge in [-0.3, -0.25) is 4.79 Å². The number of aromatic amines is 1. The maximum Gasteiger partial charge on any atom is 0.240 e. The lowest BCUT2D eigenvalue weighted by Crippen LogP contribution is -2.45. The molecule has 0 radical (unpaired) electrons. The monoisotopic (exact) mass is 340 g/mol. The van der Waals surface area contributed by atoms with Crippen LogP contribution in [0.2, 0.25) is 0 Å². The number of anilines is 1. The van der Waals surface area contributed by atoms with Gasteiger partial charge in [-0.2, -0.15) is 5.21 Å². The number of tetrazole rings is 1. The highest BCUT2D eigenvalue weighted by atomic mass is 16.1. The van der Waals surface area contributed by atoms with Crippen molar-refractivity contribution in [3.05, 3.63) is 24.3 Å². The lowest BCUT2D eigenvalue weighted by Gasteiger charge is -2.33. The lowest BCUT2D eigenvalue weighted by atomic mass is 9.76. The van der Waals surface area contributed by atoms with Crippen LogP contribution in [0.15, 0.2) is 24.3 Å². The van der Waals surface area contributed by atoms with Crippen LogP contribution in [0, 0.1) is 11.8 Å². The van der Waals surface area contributed by atoms with Crippen molar-refractivity contribution in [1.29, 1.82) is 0 Å². The molecule has 4 rings (SSSR count). The average Bonchev–Trinajstić information content (AvgIpc) is 3.32. The summed E-state index contributed by atoms with van der Waals surface area (Å²) in [5, 5.41) is 14.0. The van der Waals surface area contributed by atoms with Crippen LogP contribution < -0.4 is 10.6 Å². The van der Waals surface area contributed by atoms with Crippen LogP contribution in [0.5, 0.6) is 0 Å². The predicted octanol–water partition coefficient (Wildman–Crippen LogP) is 2.13. The van der Waals surface area contributed by atoms with Gasteiger partial charge in [-0.25, -0.2) is 0 Å². The smallest absolute Gasteiger partial charge is 0.240 e. The molecule has 2 fully saturated rings. The fourth-order valence-corrected chi connectivity index (χ4v) is 4.61. The third-order valence-electron chi connectivity index (χ3n) is 5.79. The molecule has 132 valence electrons. The second-order valence-electron chi connectivity index (χ2n) is 7.17. The first-order valence-electron chi connectivity index (χ1n) is 9.14. The number of nitrogens with zero attached hydrogens (tertiary/aromatic N) is 4. The van der Waals surface area contributed by atoms with Crippen molar-refractivity contribution >= 4 is 11.6 Å². The molecule has 1 aromatic heterocycles. The van der Waals surface area contributed by atoms with Crippen LogP contribution in [0.1, 0.15) is 38.5 Å². The molecule has 1 aromatic carbocycles. The minimum Gasteiger partial charge on any atom is -0.368 e. The fourth-order valence-electron chi connectivity index (χ4n) is 4.61. The van der Waals surface area contributed by atoms with Gasteiger partial charge in [0.1, 0.15) is 6.04 Å². The summed E-state index contributed by atoms with van der Waals surface area (Å²) in [5.74, 6) is 1.39. The number of H-pyrrole nitrogens is 1. The van der Waals surface area contributed by atoms with Crippen molar-refractivity contribution < 1.29 is 4.79 Å². The quantitative estimate of drug-likeness (QED) is 0.888. The van der Waals surface area contributed by atoms with Gasteiger partial charge in [0, 0.05) is 17.8 Å². The fraction of sp³-hybridized carbons (Fsp3) is 0.556. The largest absolute Gasteiger partial charge is 0.368 e. The van der Waals surface area contributed by atoms with E-state index in [2.05, 4.69) is 25.5 Å². The maximum absolute atomic E-state index is 12.2. The molecule has 2 aromatic rings. The van der Waals surface area contributed by atoms with Gasteiger partial charge in [0.2, 0.25) is 11.7 Å². The van der Waals surface area contributed by atoms with Gasteiger partial charge in [0.05, 0.1) is 0 Å². The van der Waals surface area contributed by atoms with Crippen LogP contribution in [0.3, 0.4) is 0 Å². The Labute approximate surface area is 147 Å². The zero-order valence-corrected chi connectivity index (χ0v) is 14.3. The molecule has 25 heavy (non-hydrogen) atoms. The van der Waals surface area contributed by atoms with E-state index in [4.69, 9.17) is 5.73 Å².